The number of hydrogen-bond donors (Lipinski definition) is 2. The SMILES string of the molecule is C=CC(=O)N1CCC2(CC(n3c(NC(=O)c4ccc(C#N)cc4)nc4cc(CN[C@@H](C)C(C)(C)C)ccc43)C2)C1. The Morgan fingerprint density at radius 2 is 1.95 bits per heavy atom. The lowest BCUT2D eigenvalue weighted by atomic mass is 9.64. The third-order valence-electron chi connectivity index (χ3n) is 8.79. The van der Waals surface area contributed by atoms with Crippen molar-refractivity contribution in [3.05, 3.63) is 71.8 Å². The van der Waals surface area contributed by atoms with Crippen LogP contribution in [0.4, 0.5) is 5.95 Å². The van der Waals surface area contributed by atoms with E-state index in [-0.39, 0.29) is 28.7 Å². The van der Waals surface area contributed by atoms with E-state index in [4.69, 9.17) is 10.2 Å². The monoisotopic (exact) mass is 538 g/mol. The quantitative estimate of drug-likeness (QED) is 0.391. The van der Waals surface area contributed by atoms with Gasteiger partial charge in [0.1, 0.15) is 0 Å². The molecule has 2 aromatic carbocycles. The maximum absolute atomic E-state index is 13.2. The summed E-state index contributed by atoms with van der Waals surface area (Å²) in [6.07, 6.45) is 4.21. The smallest absolute Gasteiger partial charge is 0.257 e. The van der Waals surface area contributed by atoms with Crippen molar-refractivity contribution in [1.29, 1.82) is 5.26 Å². The Hall–Kier alpha value is -3.96. The van der Waals surface area contributed by atoms with Crippen LogP contribution in [0.5, 0.6) is 0 Å². The Kier molecular flexibility index (Phi) is 7.28. The number of likely N-dealkylation sites (tertiary alicyclic amines) is 1. The number of amides is 2. The van der Waals surface area contributed by atoms with Crippen molar-refractivity contribution >= 4 is 28.8 Å². The number of rotatable bonds is 7. The first kappa shape index (κ1) is 27.6. The largest absolute Gasteiger partial charge is 0.339 e. The van der Waals surface area contributed by atoms with Gasteiger partial charge in [0.15, 0.2) is 0 Å². The van der Waals surface area contributed by atoms with Crippen LogP contribution in [0.3, 0.4) is 0 Å². The second-order valence-corrected chi connectivity index (χ2v) is 12.5. The van der Waals surface area contributed by atoms with E-state index in [0.717, 1.165) is 55.5 Å². The van der Waals surface area contributed by atoms with Gasteiger partial charge in [-0.05, 0) is 85.1 Å². The van der Waals surface area contributed by atoms with E-state index >= 15 is 0 Å². The van der Waals surface area contributed by atoms with Crippen molar-refractivity contribution in [2.45, 2.75) is 65.6 Å². The highest BCUT2D eigenvalue weighted by atomic mass is 16.2. The van der Waals surface area contributed by atoms with Gasteiger partial charge in [0.2, 0.25) is 11.9 Å². The summed E-state index contributed by atoms with van der Waals surface area (Å²) in [4.78, 5) is 32.2. The zero-order chi connectivity index (χ0) is 28.7. The molecule has 208 valence electrons. The number of nitrogens with one attached hydrogen (secondary N) is 2. The van der Waals surface area contributed by atoms with E-state index in [1.54, 1.807) is 24.3 Å². The fraction of sp³-hybridized carbons (Fsp3) is 0.438. The number of carbonyl (C=O) groups excluding carboxylic acids is 2. The highest BCUT2D eigenvalue weighted by Crippen LogP contribution is 2.55. The van der Waals surface area contributed by atoms with Gasteiger partial charge in [-0.15, -0.1) is 0 Å². The average molecular weight is 539 g/mol. The number of anilines is 1. The Bertz CT molecular complexity index is 1480. The van der Waals surface area contributed by atoms with Crippen LogP contribution in [0.25, 0.3) is 11.0 Å². The van der Waals surface area contributed by atoms with E-state index in [1.807, 2.05) is 4.90 Å². The number of benzene rings is 2. The molecule has 2 amide bonds. The van der Waals surface area contributed by atoms with Gasteiger partial charge >= 0.3 is 0 Å². The van der Waals surface area contributed by atoms with Gasteiger partial charge in [-0.25, -0.2) is 4.98 Å². The van der Waals surface area contributed by atoms with Gasteiger partial charge < -0.3 is 14.8 Å². The molecule has 1 spiro atoms. The topological polar surface area (TPSA) is 103 Å². The minimum Gasteiger partial charge on any atom is -0.339 e. The molecule has 1 atom stereocenters. The Morgan fingerprint density at radius 3 is 2.60 bits per heavy atom. The van der Waals surface area contributed by atoms with Crippen LogP contribution in [0.1, 0.15) is 74.5 Å². The zero-order valence-corrected chi connectivity index (χ0v) is 23.8. The Balaban J connectivity index is 1.41. The van der Waals surface area contributed by atoms with E-state index < -0.39 is 0 Å². The minimum absolute atomic E-state index is 0.00862. The van der Waals surface area contributed by atoms with Crippen LogP contribution < -0.4 is 10.6 Å². The van der Waals surface area contributed by atoms with Gasteiger partial charge in [-0.3, -0.25) is 14.9 Å². The van der Waals surface area contributed by atoms with Crippen molar-refractivity contribution in [2.24, 2.45) is 10.8 Å². The minimum atomic E-state index is -0.264. The highest BCUT2D eigenvalue weighted by molar-refractivity contribution is 6.04. The van der Waals surface area contributed by atoms with Crippen LogP contribution in [0.2, 0.25) is 0 Å². The lowest BCUT2D eigenvalue weighted by Crippen LogP contribution is -2.42. The predicted molar refractivity (Wildman–Crippen MR) is 157 cm³/mol. The third kappa shape index (κ3) is 5.39. The summed E-state index contributed by atoms with van der Waals surface area (Å²) < 4.78 is 2.16. The van der Waals surface area contributed by atoms with Gasteiger partial charge in [0.05, 0.1) is 22.7 Å². The van der Waals surface area contributed by atoms with Gasteiger partial charge in [0.25, 0.3) is 5.91 Å². The molecule has 5 rings (SSSR count). The van der Waals surface area contributed by atoms with Crippen LogP contribution in [0, 0.1) is 22.2 Å². The summed E-state index contributed by atoms with van der Waals surface area (Å²) in [5.41, 5.74) is 4.19. The van der Waals surface area contributed by atoms with E-state index in [2.05, 4.69) is 73.7 Å². The predicted octanol–water partition coefficient (Wildman–Crippen LogP) is 5.42. The van der Waals surface area contributed by atoms with Gasteiger partial charge in [-0.2, -0.15) is 5.26 Å². The van der Waals surface area contributed by atoms with Crippen molar-refractivity contribution in [2.75, 3.05) is 18.4 Å². The number of imidazole rings is 1. The summed E-state index contributed by atoms with van der Waals surface area (Å²) in [5.74, 6) is 0.250. The van der Waals surface area contributed by atoms with Crippen molar-refractivity contribution in [1.82, 2.24) is 19.8 Å². The molecular weight excluding hydrogens is 500 g/mol. The summed E-state index contributed by atoms with van der Waals surface area (Å²) in [5, 5.41) is 15.8. The molecule has 1 saturated carbocycles. The lowest BCUT2D eigenvalue weighted by molar-refractivity contribution is -0.125. The summed E-state index contributed by atoms with van der Waals surface area (Å²) in [6, 6.07) is 15.5. The first-order valence-electron chi connectivity index (χ1n) is 14.0. The van der Waals surface area contributed by atoms with Gasteiger partial charge in [0, 0.05) is 37.3 Å². The maximum Gasteiger partial charge on any atom is 0.257 e. The van der Waals surface area contributed by atoms with E-state index in [9.17, 15) is 9.59 Å². The van der Waals surface area contributed by atoms with Gasteiger partial charge in [-0.1, -0.05) is 33.4 Å². The molecule has 2 fully saturated rings. The summed E-state index contributed by atoms with van der Waals surface area (Å²) in [7, 11) is 0. The molecule has 2 aliphatic rings. The standard InChI is InChI=1S/C32H38N6O2/c1-6-28(39)37-14-13-32(20-37)16-25(17-32)38-27-12-9-23(19-34-21(2)31(3,4)5)15-26(27)35-30(38)36-29(40)24-10-7-22(18-33)8-11-24/h6-12,15,21,25,34H,1,13-14,16-17,19-20H2,2-5H3,(H,35,36,40)/t21-,25?,32?/m0/s1. The molecule has 2 N–H and O–H groups in total. The molecule has 0 unspecified atom stereocenters. The number of hydrogen-bond acceptors (Lipinski definition) is 5. The van der Waals surface area contributed by atoms with E-state index in [1.165, 1.54) is 6.08 Å². The van der Waals surface area contributed by atoms with Crippen molar-refractivity contribution in [3.63, 3.8) is 0 Å². The first-order valence-corrected chi connectivity index (χ1v) is 14.0. The Morgan fingerprint density at radius 1 is 1.23 bits per heavy atom. The molecule has 3 aromatic rings. The number of nitrogens with zero attached hydrogens (tertiary/aromatic N) is 4. The molecular formula is C32H38N6O2. The molecule has 1 aliphatic carbocycles. The Labute approximate surface area is 236 Å². The summed E-state index contributed by atoms with van der Waals surface area (Å²) >= 11 is 0. The van der Waals surface area contributed by atoms with Crippen LogP contribution in [0.15, 0.2) is 55.1 Å². The molecule has 1 aliphatic heterocycles. The van der Waals surface area contributed by atoms with Crippen LogP contribution >= 0.6 is 0 Å². The molecule has 0 bridgehead atoms. The molecule has 1 aromatic heterocycles. The third-order valence-corrected chi connectivity index (χ3v) is 8.79. The molecule has 8 nitrogen and oxygen atoms in total. The number of carbonyl (C=O) groups is 2. The maximum atomic E-state index is 13.2. The van der Waals surface area contributed by atoms with Crippen LogP contribution in [-0.4, -0.2) is 45.4 Å². The normalized spacial score (nSPS) is 21.2. The fourth-order valence-electron chi connectivity index (χ4n) is 5.87. The molecule has 2 heterocycles. The number of aromatic nitrogens is 2. The van der Waals surface area contributed by atoms with Crippen molar-refractivity contribution in [3.8, 4) is 6.07 Å². The number of fused-ring (bicyclic) bond motifs is 1. The fourth-order valence-corrected chi connectivity index (χ4v) is 5.87. The van der Waals surface area contributed by atoms with Crippen LogP contribution in [-0.2, 0) is 11.3 Å². The zero-order valence-electron chi connectivity index (χ0n) is 23.8. The molecule has 8 heteroatoms. The average Bonchev–Trinajstić information content (AvgIpc) is 3.51. The van der Waals surface area contributed by atoms with Crippen molar-refractivity contribution < 1.29 is 9.59 Å². The molecule has 0 radical (unpaired) electrons. The summed E-state index contributed by atoms with van der Waals surface area (Å²) in [6.45, 7) is 14.7. The molecule has 40 heavy (non-hydrogen) atoms. The lowest BCUT2D eigenvalue weighted by Gasteiger charge is -2.46. The first-order chi connectivity index (χ1) is 19.0. The van der Waals surface area contributed by atoms with E-state index in [0.29, 0.717) is 23.1 Å². The molecule has 1 saturated heterocycles. The number of nitriles is 1. The highest BCUT2D eigenvalue weighted by Gasteiger charge is 2.50. The second kappa shape index (κ2) is 10.5. The second-order valence-electron chi connectivity index (χ2n) is 12.5.